The molecule has 0 saturated carbocycles. The monoisotopic (exact) mass is 370 g/mol. The van der Waals surface area contributed by atoms with Gasteiger partial charge in [-0.05, 0) is 31.5 Å². The second kappa shape index (κ2) is 8.01. The van der Waals surface area contributed by atoms with Crippen LogP contribution in [0.1, 0.15) is 19.3 Å². The molecule has 1 unspecified atom stereocenters. The molecule has 0 radical (unpaired) electrons. The summed E-state index contributed by atoms with van der Waals surface area (Å²) in [6.07, 6.45) is 2.68. The summed E-state index contributed by atoms with van der Waals surface area (Å²) >= 11 is 1.61. The van der Waals surface area contributed by atoms with Crippen molar-refractivity contribution in [1.82, 2.24) is 5.32 Å². The Balaban J connectivity index is 1.57. The number of amides is 1. The third kappa shape index (κ3) is 4.14. The Bertz CT molecular complexity index is 776. The molecular formula is C20H22N2O3S. The number of nitrogens with one attached hydrogen (secondary N) is 2. The fourth-order valence-electron chi connectivity index (χ4n) is 3.22. The molecule has 1 saturated heterocycles. The Morgan fingerprint density at radius 2 is 1.92 bits per heavy atom. The molecular weight excluding hydrogens is 348 g/mol. The Morgan fingerprint density at radius 1 is 1.15 bits per heavy atom. The first-order chi connectivity index (χ1) is 12.8. The molecule has 0 bridgehead atoms. The normalized spacial score (nSPS) is 18.5. The predicted molar refractivity (Wildman–Crippen MR) is 102 cm³/mol. The van der Waals surface area contributed by atoms with Gasteiger partial charge in [-0.1, -0.05) is 30.0 Å². The van der Waals surface area contributed by atoms with Gasteiger partial charge in [0, 0.05) is 34.4 Å². The Kier molecular flexibility index (Phi) is 5.32. The van der Waals surface area contributed by atoms with Gasteiger partial charge in [-0.2, -0.15) is 0 Å². The predicted octanol–water partition coefficient (Wildman–Crippen LogP) is 3.69. The van der Waals surface area contributed by atoms with Gasteiger partial charge in [0.1, 0.15) is 13.2 Å². The minimum Gasteiger partial charge on any atom is -0.486 e. The molecule has 0 spiro atoms. The maximum atomic E-state index is 12.5. The quantitative estimate of drug-likeness (QED) is 0.841. The fraction of sp³-hybridized carbons (Fsp3) is 0.350. The molecule has 5 nitrogen and oxygen atoms in total. The first-order valence-electron chi connectivity index (χ1n) is 8.98. The summed E-state index contributed by atoms with van der Waals surface area (Å²) in [5, 5.41) is 6.44. The van der Waals surface area contributed by atoms with Crippen molar-refractivity contribution in [1.29, 1.82) is 0 Å². The summed E-state index contributed by atoms with van der Waals surface area (Å²) in [5.41, 5.74) is 0.770. The molecule has 1 fully saturated rings. The molecule has 26 heavy (non-hydrogen) atoms. The van der Waals surface area contributed by atoms with Crippen LogP contribution in [0.25, 0.3) is 0 Å². The molecule has 136 valence electrons. The van der Waals surface area contributed by atoms with Crippen LogP contribution in [-0.4, -0.2) is 31.7 Å². The lowest BCUT2D eigenvalue weighted by molar-refractivity contribution is -0.116. The second-order valence-electron chi connectivity index (χ2n) is 6.45. The summed E-state index contributed by atoms with van der Waals surface area (Å²) in [6.45, 7) is 2.07. The maximum absolute atomic E-state index is 12.5. The number of rotatable bonds is 5. The van der Waals surface area contributed by atoms with Gasteiger partial charge in [-0.25, -0.2) is 0 Å². The van der Waals surface area contributed by atoms with Crippen molar-refractivity contribution in [2.24, 2.45) is 0 Å². The van der Waals surface area contributed by atoms with E-state index in [1.165, 1.54) is 0 Å². The second-order valence-corrected chi connectivity index (χ2v) is 7.57. The van der Waals surface area contributed by atoms with E-state index in [1.807, 2.05) is 30.3 Å². The third-order valence-electron chi connectivity index (χ3n) is 4.48. The van der Waals surface area contributed by atoms with E-state index >= 15 is 0 Å². The lowest BCUT2D eigenvalue weighted by Crippen LogP contribution is -2.27. The number of anilines is 1. The molecule has 2 aliphatic rings. The molecule has 0 aliphatic carbocycles. The zero-order chi connectivity index (χ0) is 17.8. The molecule has 0 aromatic heterocycles. The minimum absolute atomic E-state index is 0.0241. The molecule has 2 N–H and O–H groups in total. The van der Waals surface area contributed by atoms with Crippen LogP contribution in [0, 0.1) is 0 Å². The summed E-state index contributed by atoms with van der Waals surface area (Å²) in [4.78, 5) is 14.6. The number of hydrogen-bond acceptors (Lipinski definition) is 5. The molecule has 2 aromatic rings. The number of carbonyl (C=O) groups excluding carboxylic acids is 1. The van der Waals surface area contributed by atoms with Gasteiger partial charge in [0.15, 0.2) is 11.5 Å². The first kappa shape index (κ1) is 17.2. The van der Waals surface area contributed by atoms with Gasteiger partial charge in [-0.3, -0.25) is 4.79 Å². The summed E-state index contributed by atoms with van der Waals surface area (Å²) < 4.78 is 11.4. The topological polar surface area (TPSA) is 59.6 Å². The number of hydrogen-bond donors (Lipinski definition) is 2. The zero-order valence-corrected chi connectivity index (χ0v) is 15.3. The Labute approximate surface area is 157 Å². The van der Waals surface area contributed by atoms with Gasteiger partial charge in [-0.15, -0.1) is 0 Å². The number of fused-ring (bicyclic) bond motifs is 1. The highest BCUT2D eigenvalue weighted by molar-refractivity contribution is 7.99. The highest BCUT2D eigenvalue weighted by Gasteiger charge is 2.21. The van der Waals surface area contributed by atoms with Crippen LogP contribution in [0.2, 0.25) is 0 Å². The Hall–Kier alpha value is -2.18. The molecule has 2 aliphatic heterocycles. The summed E-state index contributed by atoms with van der Waals surface area (Å²) in [5.74, 6) is 1.43. The molecule has 1 amide bonds. The lowest BCUT2D eigenvalue weighted by Gasteiger charge is -2.21. The maximum Gasteiger partial charge on any atom is 0.225 e. The van der Waals surface area contributed by atoms with E-state index in [1.54, 1.807) is 11.8 Å². The highest BCUT2D eigenvalue weighted by Crippen LogP contribution is 2.42. The van der Waals surface area contributed by atoms with Crippen LogP contribution in [0.5, 0.6) is 11.5 Å². The van der Waals surface area contributed by atoms with E-state index in [-0.39, 0.29) is 11.9 Å². The van der Waals surface area contributed by atoms with E-state index in [4.69, 9.17) is 9.47 Å². The molecule has 2 heterocycles. The average Bonchev–Trinajstić information content (AvgIpc) is 3.16. The standard InChI is InChI=1S/C20H22N2O3S/c23-20(11-14-5-4-8-21-14)22-16-12-17-18(25-10-9-24-17)13-19(16)26-15-6-2-1-3-7-15/h1-3,6-7,12-14,21H,4-5,8-11H2,(H,22,23). The molecule has 4 rings (SSSR count). The van der Waals surface area contributed by atoms with Crippen molar-refractivity contribution < 1.29 is 14.3 Å². The van der Waals surface area contributed by atoms with Crippen LogP contribution < -0.4 is 20.1 Å². The third-order valence-corrected chi connectivity index (χ3v) is 5.55. The summed E-state index contributed by atoms with van der Waals surface area (Å²) in [7, 11) is 0. The average molecular weight is 370 g/mol. The van der Waals surface area contributed by atoms with Gasteiger partial charge >= 0.3 is 0 Å². The van der Waals surface area contributed by atoms with Gasteiger partial charge < -0.3 is 20.1 Å². The van der Waals surface area contributed by atoms with Crippen molar-refractivity contribution in [3.8, 4) is 11.5 Å². The van der Waals surface area contributed by atoms with Crippen LogP contribution >= 0.6 is 11.8 Å². The van der Waals surface area contributed by atoms with Crippen molar-refractivity contribution in [2.45, 2.75) is 35.1 Å². The SMILES string of the molecule is O=C(CC1CCCN1)Nc1cc2c(cc1Sc1ccccc1)OCCO2. The van der Waals surface area contributed by atoms with Gasteiger partial charge in [0.2, 0.25) is 5.91 Å². The fourth-order valence-corrected chi connectivity index (χ4v) is 4.16. The van der Waals surface area contributed by atoms with Crippen molar-refractivity contribution in [3.05, 3.63) is 42.5 Å². The first-order valence-corrected chi connectivity index (χ1v) is 9.79. The number of benzene rings is 2. The number of carbonyl (C=O) groups is 1. The number of ether oxygens (including phenoxy) is 2. The van der Waals surface area contributed by atoms with Crippen molar-refractivity contribution in [2.75, 3.05) is 25.1 Å². The van der Waals surface area contributed by atoms with E-state index in [0.29, 0.717) is 25.4 Å². The largest absolute Gasteiger partial charge is 0.486 e. The van der Waals surface area contributed by atoms with E-state index in [9.17, 15) is 4.79 Å². The molecule has 6 heteroatoms. The van der Waals surface area contributed by atoms with Crippen LogP contribution in [0.15, 0.2) is 52.3 Å². The molecule has 1 atom stereocenters. The van der Waals surface area contributed by atoms with Crippen molar-refractivity contribution >= 4 is 23.4 Å². The van der Waals surface area contributed by atoms with Crippen molar-refractivity contribution in [3.63, 3.8) is 0 Å². The zero-order valence-electron chi connectivity index (χ0n) is 14.5. The molecule has 2 aromatic carbocycles. The van der Waals surface area contributed by atoms with Crippen LogP contribution in [0.3, 0.4) is 0 Å². The van der Waals surface area contributed by atoms with Crippen LogP contribution in [-0.2, 0) is 4.79 Å². The smallest absolute Gasteiger partial charge is 0.225 e. The Morgan fingerprint density at radius 3 is 2.65 bits per heavy atom. The van der Waals surface area contributed by atoms with Crippen LogP contribution in [0.4, 0.5) is 5.69 Å². The lowest BCUT2D eigenvalue weighted by atomic mass is 10.1. The van der Waals surface area contributed by atoms with Gasteiger partial charge in [0.05, 0.1) is 5.69 Å². The van der Waals surface area contributed by atoms with E-state index in [0.717, 1.165) is 40.6 Å². The minimum atomic E-state index is 0.0241. The summed E-state index contributed by atoms with van der Waals surface area (Å²) in [6, 6.07) is 14.2. The van der Waals surface area contributed by atoms with E-state index < -0.39 is 0 Å². The van der Waals surface area contributed by atoms with E-state index in [2.05, 4.69) is 22.8 Å². The highest BCUT2D eigenvalue weighted by atomic mass is 32.2. The van der Waals surface area contributed by atoms with Gasteiger partial charge in [0.25, 0.3) is 0 Å².